The fourth-order valence-corrected chi connectivity index (χ4v) is 7.20. The van der Waals surface area contributed by atoms with Crippen LogP contribution in [-0.4, -0.2) is 79.4 Å². The van der Waals surface area contributed by atoms with Gasteiger partial charge in [0.1, 0.15) is 25.3 Å². The molecule has 3 heterocycles. The van der Waals surface area contributed by atoms with Crippen molar-refractivity contribution in [3.05, 3.63) is 23.8 Å². The van der Waals surface area contributed by atoms with Crippen LogP contribution in [0.5, 0.6) is 11.5 Å². The Labute approximate surface area is 198 Å². The van der Waals surface area contributed by atoms with Crippen molar-refractivity contribution in [2.45, 2.75) is 56.7 Å². The van der Waals surface area contributed by atoms with Crippen LogP contribution in [0, 0.1) is 0 Å². The van der Waals surface area contributed by atoms with E-state index in [-0.39, 0.29) is 23.5 Å². The third kappa shape index (κ3) is 3.99. The number of rotatable bonds is 5. The third-order valence-corrected chi connectivity index (χ3v) is 9.05. The Morgan fingerprint density at radius 2 is 1.82 bits per heavy atom. The van der Waals surface area contributed by atoms with E-state index in [1.54, 1.807) is 30.0 Å². The standard InChI is InChI=1S/C23H29N3O7S/c1-23(15-6-7-18-19(12-15)33-10-9-32-18)21(28)25(22(29)24-23)13-20(27)26(16-4-2-3-5-16)17-8-11-34(30,31)14-17/h6-7,12,16-17H,2-5,8-11,13-14H2,1H3,(H,24,29)/t17-,23+/m0/s1. The van der Waals surface area contributed by atoms with Crippen LogP contribution >= 0.6 is 0 Å². The van der Waals surface area contributed by atoms with E-state index >= 15 is 0 Å². The number of urea groups is 1. The summed E-state index contributed by atoms with van der Waals surface area (Å²) in [6.07, 6.45) is 3.94. The summed E-state index contributed by atoms with van der Waals surface area (Å²) in [6, 6.07) is 3.95. The zero-order chi connectivity index (χ0) is 24.1. The molecule has 0 aromatic heterocycles. The molecule has 11 heteroatoms. The number of sulfone groups is 1. The molecule has 0 unspecified atom stereocenters. The van der Waals surface area contributed by atoms with Gasteiger partial charge >= 0.3 is 6.03 Å². The molecule has 1 saturated carbocycles. The van der Waals surface area contributed by atoms with Crippen LogP contribution in [0.1, 0.15) is 44.6 Å². The summed E-state index contributed by atoms with van der Waals surface area (Å²) >= 11 is 0. The molecule has 0 spiro atoms. The largest absolute Gasteiger partial charge is 0.486 e. The molecule has 184 valence electrons. The van der Waals surface area contributed by atoms with Gasteiger partial charge in [-0.2, -0.15) is 0 Å². The lowest BCUT2D eigenvalue weighted by atomic mass is 9.91. The summed E-state index contributed by atoms with van der Waals surface area (Å²) in [5.41, 5.74) is -0.832. The fraction of sp³-hybridized carbons (Fsp3) is 0.609. The second kappa shape index (κ2) is 8.44. The van der Waals surface area contributed by atoms with E-state index in [9.17, 15) is 22.8 Å². The number of carbonyl (C=O) groups is 3. The van der Waals surface area contributed by atoms with Crippen molar-refractivity contribution in [2.24, 2.45) is 0 Å². The lowest BCUT2D eigenvalue weighted by Gasteiger charge is -2.35. The van der Waals surface area contributed by atoms with Crippen molar-refractivity contribution in [3.63, 3.8) is 0 Å². The number of fused-ring (bicyclic) bond motifs is 1. The Hall–Kier alpha value is -2.82. The molecule has 2 atom stereocenters. The highest BCUT2D eigenvalue weighted by Gasteiger charge is 2.51. The summed E-state index contributed by atoms with van der Waals surface area (Å²) in [4.78, 5) is 42.3. The average Bonchev–Trinajstić information content (AvgIpc) is 3.50. The van der Waals surface area contributed by atoms with Crippen LogP contribution in [0.25, 0.3) is 0 Å². The number of ether oxygens (including phenoxy) is 2. The number of nitrogens with zero attached hydrogens (tertiary/aromatic N) is 2. The van der Waals surface area contributed by atoms with Crippen molar-refractivity contribution < 1.29 is 32.3 Å². The van der Waals surface area contributed by atoms with E-state index in [2.05, 4.69) is 5.32 Å². The Balaban J connectivity index is 1.37. The molecular formula is C23H29N3O7S. The minimum absolute atomic E-state index is 0.0550. The molecule has 3 fully saturated rings. The number of amides is 4. The molecule has 1 aliphatic carbocycles. The third-order valence-electron chi connectivity index (χ3n) is 7.30. The molecule has 4 aliphatic rings. The maximum atomic E-state index is 13.4. The van der Waals surface area contributed by atoms with Gasteiger partial charge in [0.15, 0.2) is 21.3 Å². The quantitative estimate of drug-likeness (QED) is 0.614. The van der Waals surface area contributed by atoms with Crippen molar-refractivity contribution in [1.82, 2.24) is 15.1 Å². The highest BCUT2D eigenvalue weighted by Crippen LogP contribution is 2.37. The van der Waals surface area contributed by atoms with Gasteiger partial charge in [0.25, 0.3) is 5.91 Å². The molecule has 4 amide bonds. The normalized spacial score (nSPS) is 28.3. The SMILES string of the molecule is C[C@]1(c2ccc3c(c2)OCCO3)NC(=O)N(CC(=O)N(C2CCCC2)[C@H]2CCS(=O)(=O)C2)C1=O. The van der Waals surface area contributed by atoms with Crippen LogP contribution in [0.2, 0.25) is 0 Å². The van der Waals surface area contributed by atoms with Gasteiger partial charge in [0, 0.05) is 12.1 Å². The van der Waals surface area contributed by atoms with Gasteiger partial charge in [0.2, 0.25) is 5.91 Å². The van der Waals surface area contributed by atoms with Gasteiger partial charge in [-0.25, -0.2) is 13.2 Å². The second-order valence-electron chi connectivity index (χ2n) is 9.60. The maximum absolute atomic E-state index is 13.4. The number of benzene rings is 1. The summed E-state index contributed by atoms with van der Waals surface area (Å²) < 4.78 is 35.3. The topological polar surface area (TPSA) is 122 Å². The summed E-state index contributed by atoms with van der Waals surface area (Å²) in [7, 11) is -3.19. The highest BCUT2D eigenvalue weighted by molar-refractivity contribution is 7.91. The molecular weight excluding hydrogens is 462 g/mol. The molecule has 3 aliphatic heterocycles. The van der Waals surface area contributed by atoms with Crippen molar-refractivity contribution >= 4 is 27.7 Å². The smallest absolute Gasteiger partial charge is 0.325 e. The molecule has 0 radical (unpaired) electrons. The zero-order valence-electron chi connectivity index (χ0n) is 19.1. The van der Waals surface area contributed by atoms with Crippen molar-refractivity contribution in [1.29, 1.82) is 0 Å². The molecule has 10 nitrogen and oxygen atoms in total. The Kier molecular flexibility index (Phi) is 5.70. The molecule has 1 aromatic carbocycles. The van der Waals surface area contributed by atoms with Crippen LogP contribution in [0.4, 0.5) is 4.79 Å². The van der Waals surface area contributed by atoms with E-state index in [1.165, 1.54) is 0 Å². The molecule has 0 bridgehead atoms. The monoisotopic (exact) mass is 491 g/mol. The Morgan fingerprint density at radius 3 is 2.50 bits per heavy atom. The van der Waals surface area contributed by atoms with Crippen LogP contribution in [-0.2, 0) is 25.0 Å². The maximum Gasteiger partial charge on any atom is 0.325 e. The highest BCUT2D eigenvalue weighted by atomic mass is 32.2. The van der Waals surface area contributed by atoms with Crippen LogP contribution < -0.4 is 14.8 Å². The van der Waals surface area contributed by atoms with Gasteiger partial charge in [-0.15, -0.1) is 0 Å². The number of hydrogen-bond donors (Lipinski definition) is 1. The van der Waals surface area contributed by atoms with E-state index in [1.807, 2.05) is 0 Å². The number of hydrogen-bond acceptors (Lipinski definition) is 7. The summed E-state index contributed by atoms with van der Waals surface area (Å²) in [6.45, 7) is 2.01. The predicted octanol–water partition coefficient (Wildman–Crippen LogP) is 1.18. The minimum Gasteiger partial charge on any atom is -0.486 e. The first-order valence-electron chi connectivity index (χ1n) is 11.7. The van der Waals surface area contributed by atoms with Gasteiger partial charge in [-0.3, -0.25) is 14.5 Å². The van der Waals surface area contributed by atoms with E-state index < -0.39 is 39.9 Å². The average molecular weight is 492 g/mol. The fourth-order valence-electron chi connectivity index (χ4n) is 5.49. The van der Waals surface area contributed by atoms with Gasteiger partial charge < -0.3 is 19.7 Å². The molecule has 1 aromatic rings. The van der Waals surface area contributed by atoms with Crippen LogP contribution in [0.3, 0.4) is 0 Å². The number of carbonyl (C=O) groups excluding carboxylic acids is 3. The van der Waals surface area contributed by atoms with Crippen LogP contribution in [0.15, 0.2) is 18.2 Å². The zero-order valence-corrected chi connectivity index (χ0v) is 19.9. The van der Waals surface area contributed by atoms with Crippen molar-refractivity contribution in [3.8, 4) is 11.5 Å². The van der Waals surface area contributed by atoms with Gasteiger partial charge in [0.05, 0.1) is 11.5 Å². The lowest BCUT2D eigenvalue weighted by Crippen LogP contribution is -2.51. The Bertz CT molecular complexity index is 1130. The summed E-state index contributed by atoms with van der Waals surface area (Å²) in [5.74, 6) is 0.137. The first kappa shape index (κ1) is 22.9. The van der Waals surface area contributed by atoms with E-state index in [4.69, 9.17) is 9.47 Å². The van der Waals surface area contributed by atoms with E-state index in [0.717, 1.165) is 30.6 Å². The predicted molar refractivity (Wildman–Crippen MR) is 121 cm³/mol. The molecule has 5 rings (SSSR count). The first-order valence-corrected chi connectivity index (χ1v) is 13.6. The molecule has 2 saturated heterocycles. The van der Waals surface area contributed by atoms with Crippen molar-refractivity contribution in [2.75, 3.05) is 31.3 Å². The number of imide groups is 1. The minimum atomic E-state index is -3.19. The lowest BCUT2D eigenvalue weighted by molar-refractivity contribution is -0.141. The molecule has 1 N–H and O–H groups in total. The summed E-state index contributed by atoms with van der Waals surface area (Å²) in [5, 5.41) is 2.72. The van der Waals surface area contributed by atoms with E-state index in [0.29, 0.717) is 36.7 Å². The molecule has 34 heavy (non-hydrogen) atoms. The van der Waals surface area contributed by atoms with Gasteiger partial charge in [-0.1, -0.05) is 18.9 Å². The Morgan fingerprint density at radius 1 is 1.12 bits per heavy atom. The van der Waals surface area contributed by atoms with Gasteiger partial charge in [-0.05, 0) is 43.9 Å². The number of nitrogens with one attached hydrogen (secondary N) is 1. The first-order chi connectivity index (χ1) is 16.2. The second-order valence-corrected chi connectivity index (χ2v) is 11.8.